The number of nitrogens with zero attached hydrogens (tertiary/aromatic N) is 2. The Balaban J connectivity index is 2.24. The van der Waals surface area contributed by atoms with E-state index in [4.69, 9.17) is 16.7 Å². The molecule has 0 radical (unpaired) electrons. The SMILES string of the molecule is O=C(Nc1cncc(Cl)n1)c1cc(O)[nH]c(=O)c1. The number of carbonyl (C=O) groups is 1. The first-order valence-electron chi connectivity index (χ1n) is 4.77. The van der Waals surface area contributed by atoms with Crippen LogP contribution in [0, 0.1) is 0 Å². The van der Waals surface area contributed by atoms with Crippen molar-refractivity contribution in [2.75, 3.05) is 5.32 Å². The van der Waals surface area contributed by atoms with Gasteiger partial charge in [-0.15, -0.1) is 0 Å². The molecule has 0 fully saturated rings. The first kappa shape index (κ1) is 12.1. The third kappa shape index (κ3) is 2.83. The standard InChI is InChI=1S/C10H7ClN4O3/c11-6-3-12-4-7(13-6)14-10(18)5-1-8(16)15-9(17)2-5/h1-4H,(H,13,14,18)(H2,15,16,17). The van der Waals surface area contributed by atoms with Crippen LogP contribution in [0.3, 0.4) is 0 Å². The summed E-state index contributed by atoms with van der Waals surface area (Å²) in [5.74, 6) is -0.856. The van der Waals surface area contributed by atoms with Crippen molar-refractivity contribution < 1.29 is 9.90 Å². The lowest BCUT2D eigenvalue weighted by molar-refractivity contribution is 0.102. The molecule has 8 heteroatoms. The topological polar surface area (TPSA) is 108 Å². The molecule has 2 aromatic heterocycles. The summed E-state index contributed by atoms with van der Waals surface area (Å²) < 4.78 is 0. The highest BCUT2D eigenvalue weighted by atomic mass is 35.5. The quantitative estimate of drug-likeness (QED) is 0.744. The molecule has 92 valence electrons. The van der Waals surface area contributed by atoms with Crippen molar-refractivity contribution in [1.82, 2.24) is 15.0 Å². The van der Waals surface area contributed by atoms with E-state index in [9.17, 15) is 9.59 Å². The van der Waals surface area contributed by atoms with Gasteiger partial charge in [-0.3, -0.25) is 19.6 Å². The summed E-state index contributed by atoms with van der Waals surface area (Å²) in [5, 5.41) is 11.7. The summed E-state index contributed by atoms with van der Waals surface area (Å²) in [6.07, 6.45) is 2.62. The van der Waals surface area contributed by atoms with Gasteiger partial charge in [0.15, 0.2) is 11.7 Å². The molecule has 3 N–H and O–H groups in total. The number of halogens is 1. The summed E-state index contributed by atoms with van der Waals surface area (Å²) >= 11 is 5.60. The highest BCUT2D eigenvalue weighted by Gasteiger charge is 2.09. The van der Waals surface area contributed by atoms with Crippen LogP contribution >= 0.6 is 11.6 Å². The zero-order chi connectivity index (χ0) is 13.1. The second kappa shape index (κ2) is 4.84. The number of H-pyrrole nitrogens is 1. The first-order valence-corrected chi connectivity index (χ1v) is 5.14. The lowest BCUT2D eigenvalue weighted by Gasteiger charge is -2.04. The summed E-state index contributed by atoms with van der Waals surface area (Å²) in [5.41, 5.74) is -0.588. The molecular weight excluding hydrogens is 260 g/mol. The van der Waals surface area contributed by atoms with Gasteiger partial charge in [0.2, 0.25) is 0 Å². The molecule has 2 heterocycles. The number of amides is 1. The van der Waals surface area contributed by atoms with Gasteiger partial charge in [0.25, 0.3) is 11.5 Å². The molecule has 0 saturated carbocycles. The molecule has 0 bridgehead atoms. The van der Waals surface area contributed by atoms with Crippen molar-refractivity contribution >= 4 is 23.3 Å². The molecule has 2 rings (SSSR count). The predicted octanol–water partition coefficient (Wildman–Crippen LogP) is 0.776. The minimum atomic E-state index is -0.604. The third-order valence-corrected chi connectivity index (χ3v) is 2.12. The molecule has 18 heavy (non-hydrogen) atoms. The molecule has 0 spiro atoms. The van der Waals surface area contributed by atoms with Crippen molar-refractivity contribution in [2.45, 2.75) is 0 Å². The van der Waals surface area contributed by atoms with E-state index in [0.717, 1.165) is 12.1 Å². The van der Waals surface area contributed by atoms with Crippen LogP contribution in [0.4, 0.5) is 5.82 Å². The largest absolute Gasteiger partial charge is 0.494 e. The number of aromatic hydroxyl groups is 1. The van der Waals surface area contributed by atoms with E-state index in [1.54, 1.807) is 0 Å². The lowest BCUT2D eigenvalue weighted by Crippen LogP contribution is -2.16. The molecular formula is C10H7ClN4O3. The van der Waals surface area contributed by atoms with Crippen LogP contribution in [0.1, 0.15) is 10.4 Å². The van der Waals surface area contributed by atoms with Crippen molar-refractivity contribution in [3.63, 3.8) is 0 Å². The lowest BCUT2D eigenvalue weighted by atomic mass is 10.2. The highest BCUT2D eigenvalue weighted by molar-refractivity contribution is 6.29. The van der Waals surface area contributed by atoms with E-state index >= 15 is 0 Å². The van der Waals surface area contributed by atoms with Gasteiger partial charge in [-0.2, -0.15) is 0 Å². The van der Waals surface area contributed by atoms with Crippen LogP contribution in [0.5, 0.6) is 5.88 Å². The van der Waals surface area contributed by atoms with Gasteiger partial charge in [-0.05, 0) is 0 Å². The number of rotatable bonds is 2. The number of carbonyl (C=O) groups excluding carboxylic acids is 1. The maximum absolute atomic E-state index is 11.7. The van der Waals surface area contributed by atoms with E-state index in [0.29, 0.717) is 0 Å². The minimum absolute atomic E-state index is 0.00183. The van der Waals surface area contributed by atoms with Crippen molar-refractivity contribution in [2.24, 2.45) is 0 Å². The molecule has 0 saturated heterocycles. The molecule has 0 aliphatic heterocycles. The molecule has 1 amide bonds. The molecule has 0 aliphatic rings. The molecule has 0 aliphatic carbocycles. The zero-order valence-electron chi connectivity index (χ0n) is 8.85. The average molecular weight is 267 g/mol. The number of aromatic amines is 1. The summed E-state index contributed by atoms with van der Waals surface area (Å²) in [6.45, 7) is 0. The van der Waals surface area contributed by atoms with Gasteiger partial charge in [0, 0.05) is 12.1 Å². The first-order chi connectivity index (χ1) is 8.54. The van der Waals surface area contributed by atoms with Gasteiger partial charge >= 0.3 is 0 Å². The van der Waals surface area contributed by atoms with Crippen molar-refractivity contribution in [3.8, 4) is 5.88 Å². The molecule has 0 aromatic carbocycles. The van der Waals surface area contributed by atoms with Crippen LogP contribution < -0.4 is 10.9 Å². The smallest absolute Gasteiger partial charge is 0.257 e. The Labute approximate surface area is 105 Å². The normalized spacial score (nSPS) is 10.1. The zero-order valence-corrected chi connectivity index (χ0v) is 9.60. The average Bonchev–Trinajstić information content (AvgIpc) is 2.27. The van der Waals surface area contributed by atoms with E-state index in [1.165, 1.54) is 12.4 Å². The van der Waals surface area contributed by atoms with Crippen LogP contribution in [0.25, 0.3) is 0 Å². The van der Waals surface area contributed by atoms with E-state index in [1.807, 2.05) is 0 Å². The van der Waals surface area contributed by atoms with Crippen LogP contribution in [0.15, 0.2) is 29.3 Å². The number of hydrogen-bond donors (Lipinski definition) is 3. The van der Waals surface area contributed by atoms with E-state index in [2.05, 4.69) is 20.3 Å². The Hall–Kier alpha value is -2.41. The van der Waals surface area contributed by atoms with Crippen LogP contribution in [0.2, 0.25) is 5.15 Å². The Bertz CT molecular complexity index is 656. The van der Waals surface area contributed by atoms with Gasteiger partial charge in [0.05, 0.1) is 18.0 Å². The third-order valence-electron chi connectivity index (χ3n) is 1.94. The molecule has 0 atom stereocenters. The number of pyridine rings is 1. The fourth-order valence-electron chi connectivity index (χ4n) is 1.25. The summed E-state index contributed by atoms with van der Waals surface area (Å²) in [4.78, 5) is 32.5. The number of aromatic nitrogens is 3. The fourth-order valence-corrected chi connectivity index (χ4v) is 1.40. The monoisotopic (exact) mass is 266 g/mol. The number of hydrogen-bond acceptors (Lipinski definition) is 5. The van der Waals surface area contributed by atoms with Gasteiger partial charge in [-0.1, -0.05) is 11.6 Å². The number of nitrogens with one attached hydrogen (secondary N) is 2. The Kier molecular flexibility index (Phi) is 3.24. The Morgan fingerprint density at radius 3 is 2.83 bits per heavy atom. The fraction of sp³-hybridized carbons (Fsp3) is 0. The van der Waals surface area contributed by atoms with Crippen molar-refractivity contribution in [3.05, 3.63) is 45.6 Å². The second-order valence-corrected chi connectivity index (χ2v) is 3.69. The summed E-state index contributed by atoms with van der Waals surface area (Å²) in [6, 6.07) is 2.17. The Morgan fingerprint density at radius 2 is 2.17 bits per heavy atom. The van der Waals surface area contributed by atoms with Crippen LogP contribution in [-0.2, 0) is 0 Å². The Morgan fingerprint density at radius 1 is 1.39 bits per heavy atom. The van der Waals surface area contributed by atoms with E-state index in [-0.39, 0.29) is 16.5 Å². The van der Waals surface area contributed by atoms with Gasteiger partial charge in [0.1, 0.15) is 5.15 Å². The molecule has 2 aromatic rings. The molecule has 0 unspecified atom stereocenters. The number of anilines is 1. The maximum atomic E-state index is 11.7. The minimum Gasteiger partial charge on any atom is -0.494 e. The van der Waals surface area contributed by atoms with Gasteiger partial charge < -0.3 is 10.4 Å². The highest BCUT2D eigenvalue weighted by Crippen LogP contribution is 2.10. The molecule has 7 nitrogen and oxygen atoms in total. The van der Waals surface area contributed by atoms with Gasteiger partial charge in [-0.25, -0.2) is 4.98 Å². The van der Waals surface area contributed by atoms with Crippen molar-refractivity contribution in [1.29, 1.82) is 0 Å². The predicted molar refractivity (Wildman–Crippen MR) is 63.7 cm³/mol. The maximum Gasteiger partial charge on any atom is 0.257 e. The second-order valence-electron chi connectivity index (χ2n) is 3.30. The van der Waals surface area contributed by atoms with Crippen LogP contribution in [-0.4, -0.2) is 26.0 Å². The van der Waals surface area contributed by atoms with E-state index < -0.39 is 17.3 Å². The summed E-state index contributed by atoms with van der Waals surface area (Å²) in [7, 11) is 0.